The van der Waals surface area contributed by atoms with Crippen molar-refractivity contribution >= 4 is 15.7 Å². The van der Waals surface area contributed by atoms with E-state index in [1.165, 1.54) is 18.2 Å². The van der Waals surface area contributed by atoms with Crippen molar-refractivity contribution in [2.45, 2.75) is 24.7 Å². The smallest absolute Gasteiger partial charge is 0.269 e. The number of hydrogen-bond acceptors (Lipinski definition) is 5. The van der Waals surface area contributed by atoms with Crippen molar-refractivity contribution in [1.82, 2.24) is 9.62 Å². The number of sulfonamides is 1. The number of non-ortho nitro benzene ring substituents is 1. The van der Waals surface area contributed by atoms with E-state index in [0.29, 0.717) is 18.0 Å². The summed E-state index contributed by atoms with van der Waals surface area (Å²) in [5.74, 6) is 0.298. The van der Waals surface area contributed by atoms with Crippen LogP contribution < -0.4 is 4.72 Å². The zero-order valence-corrected chi connectivity index (χ0v) is 13.6. The number of rotatable bonds is 5. The lowest BCUT2D eigenvalue weighted by atomic mass is 9.99. The van der Waals surface area contributed by atoms with Gasteiger partial charge in [-0.3, -0.25) is 10.1 Å². The second-order valence-electron chi connectivity index (χ2n) is 5.83. The number of nitro groups is 1. The number of likely N-dealkylation sites (tertiary alicyclic amines) is 1. The van der Waals surface area contributed by atoms with Crippen molar-refractivity contribution in [2.24, 2.45) is 5.92 Å². The summed E-state index contributed by atoms with van der Waals surface area (Å²) in [5, 5.41) is 10.7. The third kappa shape index (κ3) is 4.02. The molecule has 1 heterocycles. The minimum absolute atomic E-state index is 0.0993. The van der Waals surface area contributed by atoms with E-state index in [4.69, 9.17) is 0 Å². The van der Waals surface area contributed by atoms with E-state index in [9.17, 15) is 18.5 Å². The van der Waals surface area contributed by atoms with Gasteiger partial charge in [0.25, 0.3) is 5.69 Å². The lowest BCUT2D eigenvalue weighted by Gasteiger charge is -2.29. The Morgan fingerprint density at radius 2 is 2.18 bits per heavy atom. The van der Waals surface area contributed by atoms with Gasteiger partial charge in [-0.1, -0.05) is 0 Å². The highest BCUT2D eigenvalue weighted by Gasteiger charge is 2.22. The normalized spacial score (nSPS) is 20.0. The molecule has 1 atom stereocenters. The van der Waals surface area contributed by atoms with Crippen molar-refractivity contribution in [3.05, 3.63) is 33.9 Å². The van der Waals surface area contributed by atoms with Gasteiger partial charge in [-0.05, 0) is 50.9 Å². The van der Waals surface area contributed by atoms with Gasteiger partial charge < -0.3 is 4.90 Å². The molecule has 1 N–H and O–H groups in total. The summed E-state index contributed by atoms with van der Waals surface area (Å²) in [4.78, 5) is 12.5. The summed E-state index contributed by atoms with van der Waals surface area (Å²) in [6, 6.07) is 3.79. The van der Waals surface area contributed by atoms with E-state index < -0.39 is 14.9 Å². The van der Waals surface area contributed by atoms with Gasteiger partial charge in [0.05, 0.1) is 9.82 Å². The molecule has 122 valence electrons. The molecule has 0 aromatic heterocycles. The lowest BCUT2D eigenvalue weighted by Crippen LogP contribution is -2.39. The standard InChI is InChI=1S/C14H21N3O4S/c1-11-8-13(17(18)19)5-6-14(11)22(20,21)15-9-12-4-3-7-16(2)10-12/h5-6,8,12,15H,3-4,7,9-10H2,1-2H3. The van der Waals surface area contributed by atoms with Crippen LogP contribution in [0.2, 0.25) is 0 Å². The summed E-state index contributed by atoms with van der Waals surface area (Å²) in [7, 11) is -1.61. The van der Waals surface area contributed by atoms with E-state index in [-0.39, 0.29) is 10.6 Å². The highest BCUT2D eigenvalue weighted by Crippen LogP contribution is 2.21. The molecule has 0 aliphatic carbocycles. The Morgan fingerprint density at radius 1 is 1.45 bits per heavy atom. The highest BCUT2D eigenvalue weighted by molar-refractivity contribution is 7.89. The van der Waals surface area contributed by atoms with Crippen LogP contribution in [0.25, 0.3) is 0 Å². The van der Waals surface area contributed by atoms with Gasteiger partial charge in [0, 0.05) is 25.2 Å². The van der Waals surface area contributed by atoms with Crippen molar-refractivity contribution in [1.29, 1.82) is 0 Å². The Morgan fingerprint density at radius 3 is 2.77 bits per heavy atom. The molecule has 7 nitrogen and oxygen atoms in total. The molecule has 2 rings (SSSR count). The number of piperidine rings is 1. The van der Waals surface area contributed by atoms with E-state index in [2.05, 4.69) is 9.62 Å². The monoisotopic (exact) mass is 327 g/mol. The molecule has 0 bridgehead atoms. The molecule has 0 spiro atoms. The summed E-state index contributed by atoms with van der Waals surface area (Å²) >= 11 is 0. The zero-order chi connectivity index (χ0) is 16.3. The molecular formula is C14H21N3O4S. The Labute approximate surface area is 130 Å². The van der Waals surface area contributed by atoms with E-state index in [0.717, 1.165) is 25.9 Å². The summed E-state index contributed by atoms with van der Waals surface area (Å²) in [5.41, 5.74) is 0.271. The van der Waals surface area contributed by atoms with Gasteiger partial charge >= 0.3 is 0 Å². The first-order valence-electron chi connectivity index (χ1n) is 7.23. The number of hydrogen-bond donors (Lipinski definition) is 1. The Kier molecular flexibility index (Phi) is 5.15. The molecule has 22 heavy (non-hydrogen) atoms. The maximum atomic E-state index is 12.4. The quantitative estimate of drug-likeness (QED) is 0.654. The van der Waals surface area contributed by atoms with Crippen molar-refractivity contribution in [3.8, 4) is 0 Å². The second-order valence-corrected chi connectivity index (χ2v) is 7.56. The number of nitro benzene ring substituents is 1. The minimum atomic E-state index is -3.64. The fourth-order valence-corrected chi connectivity index (χ4v) is 4.13. The SMILES string of the molecule is Cc1cc([N+](=O)[O-])ccc1S(=O)(=O)NCC1CCCN(C)C1. The largest absolute Gasteiger partial charge is 0.306 e. The van der Waals surface area contributed by atoms with Gasteiger partial charge in [-0.2, -0.15) is 0 Å². The van der Waals surface area contributed by atoms with Crippen LogP contribution in [-0.4, -0.2) is 44.9 Å². The Balaban J connectivity index is 2.08. The number of nitrogens with zero attached hydrogens (tertiary/aromatic N) is 2. The first-order chi connectivity index (χ1) is 10.3. The fourth-order valence-electron chi connectivity index (χ4n) is 2.79. The van der Waals surface area contributed by atoms with Crippen molar-refractivity contribution in [3.63, 3.8) is 0 Å². The van der Waals surface area contributed by atoms with Gasteiger partial charge in [0.2, 0.25) is 10.0 Å². The molecule has 1 aliphatic rings. The number of aryl methyl sites for hydroxylation is 1. The van der Waals surface area contributed by atoms with Gasteiger partial charge in [-0.15, -0.1) is 0 Å². The van der Waals surface area contributed by atoms with Crippen LogP contribution in [0.15, 0.2) is 23.1 Å². The molecule has 1 unspecified atom stereocenters. The Hall–Kier alpha value is -1.51. The molecule has 0 radical (unpaired) electrons. The average molecular weight is 327 g/mol. The summed E-state index contributed by atoms with van der Waals surface area (Å²) < 4.78 is 27.4. The summed E-state index contributed by atoms with van der Waals surface area (Å²) in [6.07, 6.45) is 2.07. The predicted molar refractivity (Wildman–Crippen MR) is 83.2 cm³/mol. The van der Waals surface area contributed by atoms with Crippen LogP contribution in [0.1, 0.15) is 18.4 Å². The maximum absolute atomic E-state index is 12.4. The first-order valence-corrected chi connectivity index (χ1v) is 8.71. The maximum Gasteiger partial charge on any atom is 0.269 e. The first kappa shape index (κ1) is 16.9. The minimum Gasteiger partial charge on any atom is -0.306 e. The number of benzene rings is 1. The van der Waals surface area contributed by atoms with Gasteiger partial charge in [0.1, 0.15) is 0 Å². The average Bonchev–Trinajstić information content (AvgIpc) is 2.45. The second kappa shape index (κ2) is 6.72. The van der Waals surface area contributed by atoms with Crippen LogP contribution in [0, 0.1) is 23.0 Å². The Bertz CT molecular complexity index is 660. The van der Waals surface area contributed by atoms with Gasteiger partial charge in [-0.25, -0.2) is 13.1 Å². The molecule has 1 aromatic carbocycles. The van der Waals surface area contributed by atoms with Crippen LogP contribution in [-0.2, 0) is 10.0 Å². The predicted octanol–water partition coefficient (Wildman–Crippen LogP) is 1.52. The van der Waals surface area contributed by atoms with Crippen LogP contribution in [0.3, 0.4) is 0 Å². The van der Waals surface area contributed by atoms with Crippen molar-refractivity contribution < 1.29 is 13.3 Å². The van der Waals surface area contributed by atoms with E-state index >= 15 is 0 Å². The van der Waals surface area contributed by atoms with Crippen LogP contribution in [0.4, 0.5) is 5.69 Å². The molecule has 0 saturated carbocycles. The molecule has 1 aromatic rings. The molecule has 8 heteroatoms. The third-order valence-corrected chi connectivity index (χ3v) is 5.53. The van der Waals surface area contributed by atoms with Crippen LogP contribution in [0.5, 0.6) is 0 Å². The van der Waals surface area contributed by atoms with Crippen molar-refractivity contribution in [2.75, 3.05) is 26.7 Å². The lowest BCUT2D eigenvalue weighted by molar-refractivity contribution is -0.385. The molecule has 0 amide bonds. The zero-order valence-electron chi connectivity index (χ0n) is 12.8. The fraction of sp³-hybridized carbons (Fsp3) is 0.571. The molecule has 1 aliphatic heterocycles. The molecule has 1 saturated heterocycles. The number of nitrogens with one attached hydrogen (secondary N) is 1. The van der Waals surface area contributed by atoms with Crippen LogP contribution >= 0.6 is 0 Å². The van der Waals surface area contributed by atoms with E-state index in [1.807, 2.05) is 7.05 Å². The molecule has 1 fully saturated rings. The molecular weight excluding hydrogens is 306 g/mol. The summed E-state index contributed by atoms with van der Waals surface area (Å²) in [6.45, 7) is 3.88. The third-order valence-electron chi connectivity index (χ3n) is 3.94. The topological polar surface area (TPSA) is 92.5 Å². The van der Waals surface area contributed by atoms with Gasteiger partial charge in [0.15, 0.2) is 0 Å². The highest BCUT2D eigenvalue weighted by atomic mass is 32.2. The van der Waals surface area contributed by atoms with E-state index in [1.54, 1.807) is 6.92 Å².